The SMILES string of the molecule is C#CCn1c(=O)c(F)cn(/C(=C/C(=O)OCC)C(=O)OCC)c1=O. The fourth-order valence-corrected chi connectivity index (χ4v) is 1.70. The first-order valence-corrected chi connectivity index (χ1v) is 6.88. The van der Waals surface area contributed by atoms with Crippen LogP contribution in [0.2, 0.25) is 0 Å². The van der Waals surface area contributed by atoms with Crippen LogP contribution in [-0.4, -0.2) is 34.3 Å². The van der Waals surface area contributed by atoms with Gasteiger partial charge in [0.15, 0.2) is 0 Å². The van der Waals surface area contributed by atoms with E-state index in [0.717, 1.165) is 0 Å². The molecular formula is C15H15FN2O6. The zero-order valence-corrected chi connectivity index (χ0v) is 13.1. The molecule has 1 aromatic rings. The molecule has 0 N–H and O–H groups in total. The third-order valence-electron chi connectivity index (χ3n) is 2.66. The molecule has 128 valence electrons. The largest absolute Gasteiger partial charge is 0.463 e. The van der Waals surface area contributed by atoms with E-state index in [1.54, 1.807) is 0 Å². The summed E-state index contributed by atoms with van der Waals surface area (Å²) in [6.45, 7) is 2.49. The molecule has 0 fully saturated rings. The lowest BCUT2D eigenvalue weighted by atomic mass is 10.3. The van der Waals surface area contributed by atoms with Gasteiger partial charge in [-0.1, -0.05) is 5.92 Å². The van der Waals surface area contributed by atoms with Crippen LogP contribution in [0, 0.1) is 18.2 Å². The minimum atomic E-state index is -1.33. The number of halogens is 1. The second kappa shape index (κ2) is 8.47. The molecule has 0 aliphatic carbocycles. The number of nitrogens with zero attached hydrogens (tertiary/aromatic N) is 2. The Balaban J connectivity index is 3.63. The summed E-state index contributed by atoms with van der Waals surface area (Å²) in [5, 5.41) is 0. The molecular weight excluding hydrogens is 323 g/mol. The van der Waals surface area contributed by atoms with Gasteiger partial charge in [0, 0.05) is 0 Å². The molecule has 24 heavy (non-hydrogen) atoms. The maximum absolute atomic E-state index is 13.8. The fraction of sp³-hybridized carbons (Fsp3) is 0.333. The lowest BCUT2D eigenvalue weighted by Crippen LogP contribution is -2.41. The Morgan fingerprint density at radius 2 is 1.92 bits per heavy atom. The van der Waals surface area contributed by atoms with Gasteiger partial charge in [-0.15, -0.1) is 6.42 Å². The molecule has 0 atom stereocenters. The van der Waals surface area contributed by atoms with Crippen LogP contribution in [0.5, 0.6) is 0 Å². The van der Waals surface area contributed by atoms with Gasteiger partial charge in [-0.2, -0.15) is 4.39 Å². The standard InChI is InChI=1S/C15H15FN2O6/c1-4-7-17-13(20)10(16)9-18(15(17)22)11(14(21)24-6-3)8-12(19)23-5-2/h1,8-9H,5-7H2,2-3H3/b11-8+. The van der Waals surface area contributed by atoms with Crippen molar-refractivity contribution in [1.82, 2.24) is 9.13 Å². The number of hydrogen-bond acceptors (Lipinski definition) is 6. The summed E-state index contributed by atoms with van der Waals surface area (Å²) < 4.78 is 24.1. The summed E-state index contributed by atoms with van der Waals surface area (Å²) in [7, 11) is 0. The number of ether oxygens (including phenoxy) is 2. The van der Waals surface area contributed by atoms with Crippen molar-refractivity contribution < 1.29 is 23.5 Å². The highest BCUT2D eigenvalue weighted by Gasteiger charge is 2.21. The first-order chi connectivity index (χ1) is 11.4. The van der Waals surface area contributed by atoms with Crippen LogP contribution >= 0.6 is 0 Å². The smallest absolute Gasteiger partial charge is 0.355 e. The van der Waals surface area contributed by atoms with Crippen LogP contribution in [0.25, 0.3) is 5.70 Å². The summed E-state index contributed by atoms with van der Waals surface area (Å²) in [6.07, 6.45) is 6.20. The van der Waals surface area contributed by atoms with Gasteiger partial charge in [-0.25, -0.2) is 19.0 Å². The molecule has 1 rings (SSSR count). The van der Waals surface area contributed by atoms with Crippen LogP contribution < -0.4 is 11.2 Å². The number of hydrogen-bond donors (Lipinski definition) is 0. The van der Waals surface area contributed by atoms with Crippen molar-refractivity contribution >= 4 is 17.6 Å². The van der Waals surface area contributed by atoms with Crippen LogP contribution in [0.4, 0.5) is 4.39 Å². The molecule has 0 radical (unpaired) electrons. The van der Waals surface area contributed by atoms with Crippen molar-refractivity contribution in [1.29, 1.82) is 0 Å². The predicted molar refractivity (Wildman–Crippen MR) is 81.3 cm³/mol. The van der Waals surface area contributed by atoms with E-state index in [2.05, 4.69) is 4.74 Å². The van der Waals surface area contributed by atoms with Crippen molar-refractivity contribution in [2.45, 2.75) is 20.4 Å². The molecule has 0 saturated carbocycles. The zero-order valence-electron chi connectivity index (χ0n) is 13.1. The molecule has 1 aromatic heterocycles. The number of esters is 2. The van der Waals surface area contributed by atoms with E-state index < -0.39 is 41.2 Å². The third-order valence-corrected chi connectivity index (χ3v) is 2.66. The molecule has 0 unspecified atom stereocenters. The maximum atomic E-state index is 13.8. The van der Waals surface area contributed by atoms with Gasteiger partial charge in [-0.05, 0) is 13.8 Å². The highest BCUT2D eigenvalue weighted by Crippen LogP contribution is 2.06. The van der Waals surface area contributed by atoms with Crippen molar-refractivity contribution in [2.24, 2.45) is 0 Å². The van der Waals surface area contributed by atoms with E-state index >= 15 is 0 Å². The van der Waals surface area contributed by atoms with Gasteiger partial charge in [0.05, 0.1) is 32.0 Å². The zero-order chi connectivity index (χ0) is 18.3. The third kappa shape index (κ3) is 4.19. The van der Waals surface area contributed by atoms with Gasteiger partial charge in [0.2, 0.25) is 5.82 Å². The Labute approximate surface area is 136 Å². The van der Waals surface area contributed by atoms with Crippen LogP contribution in [-0.2, 0) is 25.6 Å². The molecule has 0 spiro atoms. The van der Waals surface area contributed by atoms with Crippen LogP contribution in [0.15, 0.2) is 21.9 Å². The summed E-state index contributed by atoms with van der Waals surface area (Å²) in [4.78, 5) is 47.5. The number of carbonyl (C=O) groups excluding carboxylic acids is 2. The van der Waals surface area contributed by atoms with Gasteiger partial charge in [0.25, 0.3) is 5.56 Å². The normalized spacial score (nSPS) is 10.8. The second-order valence-electron chi connectivity index (χ2n) is 4.23. The number of terminal acetylenes is 1. The lowest BCUT2D eigenvalue weighted by Gasteiger charge is -2.11. The lowest BCUT2D eigenvalue weighted by molar-refractivity contribution is -0.139. The van der Waals surface area contributed by atoms with E-state index in [1.807, 2.05) is 5.92 Å². The minimum absolute atomic E-state index is 0.0191. The highest BCUT2D eigenvalue weighted by atomic mass is 19.1. The van der Waals surface area contributed by atoms with Crippen LogP contribution in [0.1, 0.15) is 13.8 Å². The molecule has 0 aliphatic rings. The van der Waals surface area contributed by atoms with Gasteiger partial charge in [0.1, 0.15) is 5.70 Å². The Bertz CT molecular complexity index is 828. The van der Waals surface area contributed by atoms with Crippen molar-refractivity contribution in [2.75, 3.05) is 13.2 Å². The van der Waals surface area contributed by atoms with E-state index in [9.17, 15) is 23.6 Å². The quantitative estimate of drug-likeness (QED) is 0.403. The Morgan fingerprint density at radius 3 is 2.46 bits per heavy atom. The molecule has 1 heterocycles. The summed E-state index contributed by atoms with van der Waals surface area (Å²) in [5.74, 6) is -1.31. The minimum Gasteiger partial charge on any atom is -0.463 e. The fourth-order valence-electron chi connectivity index (χ4n) is 1.70. The monoisotopic (exact) mass is 338 g/mol. The number of rotatable bonds is 6. The van der Waals surface area contributed by atoms with Crippen LogP contribution in [0.3, 0.4) is 0 Å². The van der Waals surface area contributed by atoms with Gasteiger partial charge in [-0.3, -0.25) is 9.36 Å². The van der Waals surface area contributed by atoms with Crippen molar-refractivity contribution in [3.63, 3.8) is 0 Å². The Morgan fingerprint density at radius 1 is 1.29 bits per heavy atom. The molecule has 0 aliphatic heterocycles. The maximum Gasteiger partial charge on any atom is 0.355 e. The van der Waals surface area contributed by atoms with Crippen molar-refractivity contribution in [3.05, 3.63) is 38.9 Å². The molecule has 9 heteroatoms. The first kappa shape index (κ1) is 18.9. The predicted octanol–water partition coefficient (Wildman–Crippen LogP) is -0.251. The topological polar surface area (TPSA) is 96.6 Å². The van der Waals surface area contributed by atoms with E-state index in [-0.39, 0.29) is 13.2 Å². The van der Waals surface area contributed by atoms with Gasteiger partial charge < -0.3 is 9.47 Å². The Hall–Kier alpha value is -3.15. The molecule has 0 saturated heterocycles. The number of aromatic nitrogens is 2. The first-order valence-electron chi connectivity index (χ1n) is 6.88. The second-order valence-corrected chi connectivity index (χ2v) is 4.23. The highest BCUT2D eigenvalue weighted by molar-refractivity contribution is 6.14. The average molecular weight is 338 g/mol. The molecule has 8 nitrogen and oxygen atoms in total. The van der Waals surface area contributed by atoms with Crippen molar-refractivity contribution in [3.8, 4) is 12.3 Å². The Kier molecular flexibility index (Phi) is 6.67. The van der Waals surface area contributed by atoms with E-state index in [4.69, 9.17) is 11.2 Å². The van der Waals surface area contributed by atoms with E-state index in [0.29, 0.717) is 21.4 Å². The average Bonchev–Trinajstić information content (AvgIpc) is 2.53. The van der Waals surface area contributed by atoms with Gasteiger partial charge >= 0.3 is 17.6 Å². The summed E-state index contributed by atoms with van der Waals surface area (Å²) in [5.41, 5.74) is -2.94. The summed E-state index contributed by atoms with van der Waals surface area (Å²) >= 11 is 0. The number of carbonyl (C=O) groups is 2. The molecule has 0 bridgehead atoms. The molecule has 0 aromatic carbocycles. The molecule has 0 amide bonds. The summed E-state index contributed by atoms with van der Waals surface area (Å²) in [6, 6.07) is 0. The van der Waals surface area contributed by atoms with E-state index in [1.165, 1.54) is 13.8 Å².